The van der Waals surface area contributed by atoms with E-state index in [1.165, 1.54) is 12.1 Å². The van der Waals surface area contributed by atoms with Crippen LogP contribution >= 0.6 is 11.6 Å². The maximum absolute atomic E-state index is 13.1. The molecule has 222 valence electrons. The molecule has 1 aliphatic rings. The van der Waals surface area contributed by atoms with E-state index in [9.17, 15) is 27.3 Å². The van der Waals surface area contributed by atoms with Gasteiger partial charge in [0.2, 0.25) is 0 Å². The maximum Gasteiger partial charge on any atom is 0.345 e. The molecule has 1 saturated heterocycles. The minimum atomic E-state index is -3.37. The van der Waals surface area contributed by atoms with Crippen LogP contribution in [0.3, 0.4) is 0 Å². The van der Waals surface area contributed by atoms with E-state index in [0.29, 0.717) is 29.1 Å². The van der Waals surface area contributed by atoms with Gasteiger partial charge in [-0.1, -0.05) is 42.8 Å². The summed E-state index contributed by atoms with van der Waals surface area (Å²) in [4.78, 5) is 15.3. The van der Waals surface area contributed by atoms with E-state index in [1.807, 2.05) is 29.2 Å². The van der Waals surface area contributed by atoms with Gasteiger partial charge in [0.15, 0.2) is 9.84 Å². The van der Waals surface area contributed by atoms with E-state index in [1.54, 1.807) is 43.3 Å². The van der Waals surface area contributed by atoms with Gasteiger partial charge in [-0.3, -0.25) is 4.79 Å². The number of hydrogen-bond acceptors (Lipinski definition) is 6. The molecular formula is C31H32ClF2N3O4S. The Hall–Kier alpha value is -3.52. The zero-order valence-corrected chi connectivity index (χ0v) is 24.6. The van der Waals surface area contributed by atoms with Crippen LogP contribution in [0.15, 0.2) is 77.7 Å². The van der Waals surface area contributed by atoms with E-state index in [-0.39, 0.29) is 35.6 Å². The zero-order valence-electron chi connectivity index (χ0n) is 23.0. The molecule has 4 rings (SSSR count). The smallest absolute Gasteiger partial charge is 0.345 e. The number of nitrogens with one attached hydrogen (secondary N) is 1. The van der Waals surface area contributed by atoms with Gasteiger partial charge in [-0.05, 0) is 72.5 Å². The Balaban J connectivity index is 1.50. The van der Waals surface area contributed by atoms with Gasteiger partial charge in [-0.15, -0.1) is 0 Å². The number of halogens is 3. The molecule has 1 N–H and O–H groups in total. The number of carbonyl (C=O) groups excluding carboxylic acids is 1. The molecule has 0 saturated carbocycles. The number of piperidine rings is 1. The SMILES string of the molecule is CCS(=O)(=O)c1ccc([C@H](CC#N)NC(=O)c2ccc(N3CC(c4ccc(Cl)cc4)CC[C@H]3COC(F)F)cc2)cc1. The first-order valence-electron chi connectivity index (χ1n) is 13.6. The number of carbonyl (C=O) groups is 1. The third-order valence-electron chi connectivity index (χ3n) is 7.55. The van der Waals surface area contributed by atoms with Crippen LogP contribution in [-0.4, -0.2) is 45.9 Å². The molecule has 3 aromatic carbocycles. The second-order valence-corrected chi connectivity index (χ2v) is 12.8. The first-order valence-corrected chi connectivity index (χ1v) is 15.7. The lowest BCUT2D eigenvalue weighted by atomic mass is 9.87. The topological polar surface area (TPSA) is 99.5 Å². The maximum atomic E-state index is 13.1. The van der Waals surface area contributed by atoms with Crippen molar-refractivity contribution in [3.63, 3.8) is 0 Å². The number of nitriles is 1. The molecule has 0 aromatic heterocycles. The number of hydrogen-bond donors (Lipinski definition) is 1. The third-order valence-corrected chi connectivity index (χ3v) is 9.55. The summed E-state index contributed by atoms with van der Waals surface area (Å²) in [5.74, 6) is -0.263. The van der Waals surface area contributed by atoms with Gasteiger partial charge in [-0.25, -0.2) is 8.42 Å². The van der Waals surface area contributed by atoms with E-state index in [2.05, 4.69) is 16.1 Å². The number of ether oxygens (including phenoxy) is 1. The van der Waals surface area contributed by atoms with Crippen molar-refractivity contribution in [2.45, 2.75) is 55.7 Å². The van der Waals surface area contributed by atoms with Crippen molar-refractivity contribution in [2.75, 3.05) is 23.8 Å². The molecule has 1 amide bonds. The fourth-order valence-electron chi connectivity index (χ4n) is 5.17. The molecule has 0 radical (unpaired) electrons. The minimum Gasteiger partial charge on any atom is -0.366 e. The highest BCUT2D eigenvalue weighted by Gasteiger charge is 2.30. The normalized spacial score (nSPS) is 18.0. The Bertz CT molecular complexity index is 1500. The summed E-state index contributed by atoms with van der Waals surface area (Å²) < 4.78 is 54.7. The molecular weight excluding hydrogens is 584 g/mol. The van der Waals surface area contributed by atoms with Gasteiger partial charge >= 0.3 is 6.61 Å². The first kappa shape index (κ1) is 31.4. The van der Waals surface area contributed by atoms with Crippen LogP contribution in [0, 0.1) is 11.3 Å². The zero-order chi connectivity index (χ0) is 30.3. The van der Waals surface area contributed by atoms with E-state index >= 15 is 0 Å². The van der Waals surface area contributed by atoms with E-state index in [4.69, 9.17) is 11.6 Å². The molecule has 0 aliphatic carbocycles. The number of anilines is 1. The van der Waals surface area contributed by atoms with Crippen LogP contribution in [0.4, 0.5) is 14.5 Å². The Kier molecular flexibility index (Phi) is 10.5. The standard InChI is InChI=1S/C31H32ClF2N3O4S/c1-2-42(39,40)28-15-8-22(9-16-28)29(17-18-35)36-30(38)23-5-12-26(13-6-23)37-19-24(21-3-10-25(32)11-4-21)7-14-27(37)20-41-31(33)34/h3-6,8-13,15-16,24,27,29,31H,2,7,14,17,19-20H2,1H3,(H,36,38)/t24?,27-,29-/m0/s1. The summed E-state index contributed by atoms with van der Waals surface area (Å²) in [5.41, 5.74) is 2.85. The molecule has 1 fully saturated rings. The summed E-state index contributed by atoms with van der Waals surface area (Å²) in [6, 6.07) is 21.8. The number of rotatable bonds is 11. The second-order valence-electron chi connectivity index (χ2n) is 10.1. The van der Waals surface area contributed by atoms with Gasteiger partial charge in [0, 0.05) is 28.7 Å². The van der Waals surface area contributed by atoms with Gasteiger partial charge in [0.1, 0.15) is 0 Å². The fourth-order valence-corrected chi connectivity index (χ4v) is 6.18. The molecule has 3 atom stereocenters. The highest BCUT2D eigenvalue weighted by Crippen LogP contribution is 2.34. The number of sulfone groups is 1. The summed E-state index contributed by atoms with van der Waals surface area (Å²) in [7, 11) is -3.37. The van der Waals surface area contributed by atoms with Crippen molar-refractivity contribution in [3.05, 3.63) is 94.5 Å². The lowest BCUT2D eigenvalue weighted by Crippen LogP contribution is -2.45. The quantitative estimate of drug-likeness (QED) is 0.264. The van der Waals surface area contributed by atoms with Crippen molar-refractivity contribution < 1.29 is 26.7 Å². The summed E-state index contributed by atoms with van der Waals surface area (Å²) >= 11 is 6.05. The lowest BCUT2D eigenvalue weighted by Gasteiger charge is -2.41. The summed E-state index contributed by atoms with van der Waals surface area (Å²) in [5, 5.41) is 12.8. The monoisotopic (exact) mass is 615 g/mol. The largest absolute Gasteiger partial charge is 0.366 e. The van der Waals surface area contributed by atoms with E-state index < -0.39 is 28.4 Å². The van der Waals surface area contributed by atoms with Crippen LogP contribution in [-0.2, 0) is 14.6 Å². The average Bonchev–Trinajstić information content (AvgIpc) is 3.00. The van der Waals surface area contributed by atoms with Crippen molar-refractivity contribution in [1.29, 1.82) is 5.26 Å². The Morgan fingerprint density at radius 2 is 1.74 bits per heavy atom. The molecule has 7 nitrogen and oxygen atoms in total. The highest BCUT2D eigenvalue weighted by atomic mass is 35.5. The van der Waals surface area contributed by atoms with E-state index in [0.717, 1.165) is 17.7 Å². The van der Waals surface area contributed by atoms with Crippen LogP contribution in [0.25, 0.3) is 0 Å². The molecule has 1 heterocycles. The van der Waals surface area contributed by atoms with Gasteiger partial charge in [-0.2, -0.15) is 14.0 Å². The minimum absolute atomic E-state index is 0.00458. The fraction of sp³-hybridized carbons (Fsp3) is 0.355. The van der Waals surface area contributed by atoms with Crippen LogP contribution < -0.4 is 10.2 Å². The second kappa shape index (κ2) is 14.1. The van der Waals surface area contributed by atoms with Crippen LogP contribution in [0.2, 0.25) is 5.02 Å². The van der Waals surface area contributed by atoms with Gasteiger partial charge in [0.05, 0.1) is 41.8 Å². The lowest BCUT2D eigenvalue weighted by molar-refractivity contribution is -0.133. The molecule has 1 unspecified atom stereocenters. The molecule has 0 bridgehead atoms. The van der Waals surface area contributed by atoms with Crippen LogP contribution in [0.1, 0.15) is 59.6 Å². The Morgan fingerprint density at radius 3 is 2.33 bits per heavy atom. The summed E-state index contributed by atoms with van der Waals surface area (Å²) in [6.45, 7) is -0.839. The predicted octanol–water partition coefficient (Wildman–Crippen LogP) is 6.51. The van der Waals surface area contributed by atoms with Gasteiger partial charge in [0.25, 0.3) is 5.91 Å². The molecule has 3 aromatic rings. The summed E-state index contributed by atoms with van der Waals surface area (Å²) in [6.07, 6.45) is 1.45. The number of benzene rings is 3. The first-order chi connectivity index (χ1) is 20.1. The van der Waals surface area contributed by atoms with Crippen molar-refractivity contribution in [3.8, 4) is 6.07 Å². The third kappa shape index (κ3) is 7.85. The van der Waals surface area contributed by atoms with Crippen molar-refractivity contribution >= 4 is 33.0 Å². The predicted molar refractivity (Wildman–Crippen MR) is 158 cm³/mol. The molecule has 11 heteroatoms. The molecule has 1 aliphatic heterocycles. The number of amides is 1. The average molecular weight is 616 g/mol. The van der Waals surface area contributed by atoms with Gasteiger partial charge < -0.3 is 15.0 Å². The number of alkyl halides is 2. The van der Waals surface area contributed by atoms with Crippen molar-refractivity contribution in [1.82, 2.24) is 5.32 Å². The molecule has 0 spiro atoms. The van der Waals surface area contributed by atoms with Crippen LogP contribution in [0.5, 0.6) is 0 Å². The van der Waals surface area contributed by atoms with Crippen molar-refractivity contribution in [2.24, 2.45) is 0 Å². The molecule has 42 heavy (non-hydrogen) atoms. The Labute approximate surface area is 250 Å². The Morgan fingerprint density at radius 1 is 1.07 bits per heavy atom. The number of nitrogens with zero attached hydrogens (tertiary/aromatic N) is 2. The highest BCUT2D eigenvalue weighted by molar-refractivity contribution is 7.91.